The Morgan fingerprint density at radius 1 is 1.12 bits per heavy atom. The molecule has 1 aromatic rings. The summed E-state index contributed by atoms with van der Waals surface area (Å²) in [7, 11) is 0. The molecule has 1 aromatic carbocycles. The average molecular weight is 360 g/mol. The molecule has 140 valence electrons. The van der Waals surface area contributed by atoms with Gasteiger partial charge in [-0.05, 0) is 24.8 Å². The number of hydrogen-bond acceptors (Lipinski definition) is 5. The predicted octanol–water partition coefficient (Wildman–Crippen LogP) is 2.59. The van der Waals surface area contributed by atoms with Gasteiger partial charge in [-0.3, -0.25) is 19.7 Å². The van der Waals surface area contributed by atoms with Crippen molar-refractivity contribution >= 4 is 17.4 Å². The number of nitro groups is 1. The number of nitrogens with one attached hydrogen (secondary N) is 1. The minimum Gasteiger partial charge on any atom is -0.466 e. The van der Waals surface area contributed by atoms with E-state index in [1.807, 2.05) is 6.07 Å². The molecule has 1 unspecified atom stereocenters. The van der Waals surface area contributed by atoms with E-state index in [1.54, 1.807) is 24.3 Å². The maximum Gasteiger partial charge on any atom is 0.306 e. The highest BCUT2D eigenvalue weighted by atomic mass is 16.6. The third-order valence-corrected chi connectivity index (χ3v) is 4.16. The molecule has 0 radical (unpaired) electrons. The molecule has 0 spiro atoms. The lowest BCUT2D eigenvalue weighted by atomic mass is 9.96. The van der Waals surface area contributed by atoms with E-state index in [9.17, 15) is 19.7 Å². The average Bonchev–Trinajstić information content (AvgIpc) is 2.61. The number of cyclic esters (lactones) is 1. The van der Waals surface area contributed by atoms with Crippen LogP contribution in [0.2, 0.25) is 0 Å². The third-order valence-electron chi connectivity index (χ3n) is 4.16. The van der Waals surface area contributed by atoms with Crippen LogP contribution < -0.4 is 5.32 Å². The van der Waals surface area contributed by atoms with Crippen molar-refractivity contribution in [2.24, 2.45) is 5.92 Å². The fourth-order valence-electron chi connectivity index (χ4n) is 2.86. The number of amides is 1. The third kappa shape index (κ3) is 6.66. The van der Waals surface area contributed by atoms with Gasteiger partial charge in [-0.1, -0.05) is 42.8 Å². The van der Waals surface area contributed by atoms with E-state index >= 15 is 0 Å². The van der Waals surface area contributed by atoms with E-state index in [1.165, 1.54) is 6.08 Å². The summed E-state index contributed by atoms with van der Waals surface area (Å²) >= 11 is 0. The standard InChI is InChI=1S/C19H24N2O5/c22-18-13-15(14-21(24)25)12-17(16-8-4-3-5-9-16)19(23)20-10-6-1-2-7-11-26-18/h3-5,8-9,12,15H,1-2,6-7,10-11,13-14H2,(H,20,23)/b17-12-. The van der Waals surface area contributed by atoms with Crippen LogP contribution in [0.3, 0.4) is 0 Å². The van der Waals surface area contributed by atoms with Gasteiger partial charge in [0.15, 0.2) is 0 Å². The first-order valence-corrected chi connectivity index (χ1v) is 8.89. The summed E-state index contributed by atoms with van der Waals surface area (Å²) in [6, 6.07) is 8.97. The van der Waals surface area contributed by atoms with Gasteiger partial charge in [0.05, 0.1) is 18.9 Å². The van der Waals surface area contributed by atoms with Crippen LogP contribution >= 0.6 is 0 Å². The molecule has 1 heterocycles. The molecule has 0 fully saturated rings. The van der Waals surface area contributed by atoms with E-state index in [2.05, 4.69) is 5.32 Å². The Bertz CT molecular complexity index is 657. The van der Waals surface area contributed by atoms with Crippen molar-refractivity contribution in [2.45, 2.75) is 32.1 Å². The molecule has 1 atom stereocenters. The van der Waals surface area contributed by atoms with Crippen molar-refractivity contribution in [3.8, 4) is 0 Å². The highest BCUT2D eigenvalue weighted by Gasteiger charge is 2.22. The molecule has 26 heavy (non-hydrogen) atoms. The molecular formula is C19H24N2O5. The second-order valence-electron chi connectivity index (χ2n) is 6.32. The molecule has 0 bridgehead atoms. The molecule has 0 saturated carbocycles. The maximum absolute atomic E-state index is 12.6. The number of hydrogen-bond donors (Lipinski definition) is 1. The Balaban J connectivity index is 2.32. The summed E-state index contributed by atoms with van der Waals surface area (Å²) in [6.07, 6.45) is 4.84. The van der Waals surface area contributed by atoms with E-state index in [-0.39, 0.29) is 12.3 Å². The molecule has 0 aromatic heterocycles. The molecule has 7 heteroatoms. The molecular weight excluding hydrogens is 336 g/mol. The molecule has 7 nitrogen and oxygen atoms in total. The van der Waals surface area contributed by atoms with Crippen LogP contribution in [-0.2, 0) is 14.3 Å². The Morgan fingerprint density at radius 2 is 1.85 bits per heavy atom. The van der Waals surface area contributed by atoms with Crippen LogP contribution in [-0.4, -0.2) is 36.5 Å². The summed E-state index contributed by atoms with van der Waals surface area (Å²) in [5.74, 6) is -1.46. The summed E-state index contributed by atoms with van der Waals surface area (Å²) < 4.78 is 5.18. The number of ether oxygens (including phenoxy) is 1. The van der Waals surface area contributed by atoms with E-state index < -0.39 is 23.4 Å². The maximum atomic E-state index is 12.6. The lowest BCUT2D eigenvalue weighted by molar-refractivity contribution is -0.485. The van der Waals surface area contributed by atoms with Crippen LogP contribution in [0, 0.1) is 16.0 Å². The largest absolute Gasteiger partial charge is 0.466 e. The second kappa shape index (κ2) is 10.3. The minimum absolute atomic E-state index is 0.120. The quantitative estimate of drug-likeness (QED) is 0.507. The summed E-state index contributed by atoms with van der Waals surface area (Å²) in [6.45, 7) is 0.438. The zero-order valence-corrected chi connectivity index (χ0v) is 14.7. The Morgan fingerprint density at radius 3 is 2.58 bits per heavy atom. The lowest BCUT2D eigenvalue weighted by Crippen LogP contribution is -2.27. The topological polar surface area (TPSA) is 98.5 Å². The van der Waals surface area contributed by atoms with E-state index in [4.69, 9.17) is 4.74 Å². The lowest BCUT2D eigenvalue weighted by Gasteiger charge is -2.14. The van der Waals surface area contributed by atoms with Gasteiger partial charge in [0.1, 0.15) is 0 Å². The number of carbonyl (C=O) groups is 2. The fourth-order valence-corrected chi connectivity index (χ4v) is 2.86. The Kier molecular flexibility index (Phi) is 7.79. The number of nitrogens with zero attached hydrogens (tertiary/aromatic N) is 1. The summed E-state index contributed by atoms with van der Waals surface area (Å²) in [5, 5.41) is 13.9. The van der Waals surface area contributed by atoms with Crippen molar-refractivity contribution in [3.05, 3.63) is 52.1 Å². The number of esters is 1. The van der Waals surface area contributed by atoms with Gasteiger partial charge < -0.3 is 10.1 Å². The zero-order valence-electron chi connectivity index (χ0n) is 14.7. The van der Waals surface area contributed by atoms with Gasteiger partial charge in [0.2, 0.25) is 6.54 Å². The van der Waals surface area contributed by atoms with Gasteiger partial charge in [0, 0.05) is 17.0 Å². The van der Waals surface area contributed by atoms with Crippen LogP contribution in [0.5, 0.6) is 0 Å². The number of benzene rings is 1. The molecule has 0 saturated heterocycles. The SMILES string of the molecule is O=C1CC(C[N+](=O)[O-])/C=C(/c2ccccc2)C(=O)NCCCCCCO1. The van der Waals surface area contributed by atoms with Crippen molar-refractivity contribution in [2.75, 3.05) is 19.7 Å². The van der Waals surface area contributed by atoms with Crippen molar-refractivity contribution in [1.82, 2.24) is 5.32 Å². The molecule has 1 N–H and O–H groups in total. The first kappa shape index (κ1) is 19.6. The fraction of sp³-hybridized carbons (Fsp3) is 0.474. The monoisotopic (exact) mass is 360 g/mol. The Labute approximate surface area is 152 Å². The van der Waals surface area contributed by atoms with Gasteiger partial charge in [-0.25, -0.2) is 0 Å². The number of carbonyl (C=O) groups excluding carboxylic acids is 2. The highest BCUT2D eigenvalue weighted by molar-refractivity contribution is 6.19. The van der Waals surface area contributed by atoms with Gasteiger partial charge >= 0.3 is 5.97 Å². The Hall–Kier alpha value is -2.70. The van der Waals surface area contributed by atoms with Gasteiger partial charge in [-0.2, -0.15) is 0 Å². The predicted molar refractivity (Wildman–Crippen MR) is 96.8 cm³/mol. The number of rotatable bonds is 3. The first-order valence-electron chi connectivity index (χ1n) is 8.89. The van der Waals surface area contributed by atoms with Crippen LogP contribution in [0.25, 0.3) is 5.57 Å². The van der Waals surface area contributed by atoms with Gasteiger partial charge in [-0.15, -0.1) is 0 Å². The van der Waals surface area contributed by atoms with Crippen LogP contribution in [0.15, 0.2) is 36.4 Å². The van der Waals surface area contributed by atoms with Gasteiger partial charge in [0.25, 0.3) is 5.91 Å². The molecule has 1 aliphatic heterocycles. The minimum atomic E-state index is -0.707. The smallest absolute Gasteiger partial charge is 0.306 e. The van der Waals surface area contributed by atoms with Crippen molar-refractivity contribution < 1.29 is 19.2 Å². The summed E-state index contributed by atoms with van der Waals surface area (Å²) in [5.41, 5.74) is 1.01. The highest BCUT2D eigenvalue weighted by Crippen LogP contribution is 2.20. The van der Waals surface area contributed by atoms with Crippen molar-refractivity contribution in [1.29, 1.82) is 0 Å². The normalized spacial score (nSPS) is 22.3. The molecule has 2 rings (SSSR count). The van der Waals surface area contributed by atoms with Crippen LogP contribution in [0.1, 0.15) is 37.7 Å². The van der Waals surface area contributed by atoms with E-state index in [0.717, 1.165) is 25.7 Å². The molecule has 1 amide bonds. The molecule has 1 aliphatic rings. The second-order valence-corrected chi connectivity index (χ2v) is 6.32. The van der Waals surface area contributed by atoms with Crippen LogP contribution in [0.4, 0.5) is 0 Å². The molecule has 0 aliphatic carbocycles. The summed E-state index contributed by atoms with van der Waals surface area (Å²) in [4.78, 5) is 35.2. The van der Waals surface area contributed by atoms with E-state index in [0.29, 0.717) is 24.3 Å². The zero-order chi connectivity index (χ0) is 18.8. The van der Waals surface area contributed by atoms with Crippen molar-refractivity contribution in [3.63, 3.8) is 0 Å². The first-order chi connectivity index (χ1) is 12.6.